The van der Waals surface area contributed by atoms with Crippen LogP contribution in [0.5, 0.6) is 11.5 Å². The molecule has 1 aromatic carbocycles. The Bertz CT molecular complexity index is 811. The summed E-state index contributed by atoms with van der Waals surface area (Å²) in [5, 5.41) is 21.3. The molecule has 1 N–H and O–H groups in total. The van der Waals surface area contributed by atoms with Crippen molar-refractivity contribution in [1.29, 1.82) is 0 Å². The Morgan fingerprint density at radius 3 is 2.75 bits per heavy atom. The number of hydrogen-bond donors (Lipinski definition) is 1. The lowest BCUT2D eigenvalue weighted by molar-refractivity contribution is -0.385. The average Bonchev–Trinajstić information content (AvgIpc) is 3.08. The van der Waals surface area contributed by atoms with Gasteiger partial charge in [0, 0.05) is 31.7 Å². The Hall–Kier alpha value is -2.88. The fourth-order valence-corrected chi connectivity index (χ4v) is 3.92. The van der Waals surface area contributed by atoms with Gasteiger partial charge < -0.3 is 24.2 Å². The number of likely N-dealkylation sites (tertiary alicyclic amines) is 1. The van der Waals surface area contributed by atoms with Crippen LogP contribution in [0, 0.1) is 21.4 Å². The summed E-state index contributed by atoms with van der Waals surface area (Å²) in [7, 11) is 1.35. The minimum absolute atomic E-state index is 0.0116. The number of ether oxygens (including phenoxy) is 3. The molecule has 1 amide bonds. The molecule has 0 radical (unpaired) electrons. The number of nitro groups is 1. The van der Waals surface area contributed by atoms with Gasteiger partial charge in [-0.25, -0.2) is 0 Å². The first kappa shape index (κ1) is 19.9. The number of benzene rings is 1. The number of methoxy groups -OCH3 is 1. The van der Waals surface area contributed by atoms with Crippen molar-refractivity contribution in [1.82, 2.24) is 4.90 Å². The van der Waals surface area contributed by atoms with Gasteiger partial charge in [0.05, 0.1) is 36.7 Å². The van der Waals surface area contributed by atoms with E-state index in [0.29, 0.717) is 13.0 Å². The van der Waals surface area contributed by atoms with Crippen LogP contribution in [0.4, 0.5) is 5.69 Å². The second kappa shape index (κ2) is 7.63. The topological polar surface area (TPSA) is 128 Å². The van der Waals surface area contributed by atoms with Gasteiger partial charge in [0.15, 0.2) is 11.5 Å². The van der Waals surface area contributed by atoms with Crippen LogP contribution in [0.3, 0.4) is 0 Å². The van der Waals surface area contributed by atoms with Crippen molar-refractivity contribution >= 4 is 17.6 Å². The first-order valence-electron chi connectivity index (χ1n) is 8.93. The molecule has 0 spiro atoms. The van der Waals surface area contributed by atoms with Crippen LogP contribution < -0.4 is 9.47 Å². The van der Waals surface area contributed by atoms with E-state index in [-0.39, 0.29) is 49.3 Å². The van der Waals surface area contributed by atoms with Crippen molar-refractivity contribution in [3.05, 3.63) is 27.8 Å². The number of carbonyl (C=O) groups is 2. The molecule has 152 valence electrons. The summed E-state index contributed by atoms with van der Waals surface area (Å²) in [4.78, 5) is 37.3. The molecule has 0 bridgehead atoms. The molecule has 0 aliphatic carbocycles. The lowest BCUT2D eigenvalue weighted by Gasteiger charge is -2.33. The van der Waals surface area contributed by atoms with Crippen molar-refractivity contribution in [2.24, 2.45) is 11.3 Å². The van der Waals surface area contributed by atoms with E-state index in [2.05, 4.69) is 0 Å². The highest BCUT2D eigenvalue weighted by Crippen LogP contribution is 2.44. The lowest BCUT2D eigenvalue weighted by atomic mass is 9.74. The zero-order chi connectivity index (χ0) is 20.5. The van der Waals surface area contributed by atoms with E-state index in [1.807, 2.05) is 0 Å². The maximum Gasteiger partial charge on any atom is 0.311 e. The standard InChI is InChI=1S/C18H22N2O8/c1-3-28-15-6-12(13(20(24)25)7-14(15)26-2)16(21)19-8-11-9-27-5-4-18(11,10-19)17(22)23/h6-7,11H,3-5,8-10H2,1-2H3,(H,22,23)/t11-,18+/m0/s1. The number of nitrogens with zero attached hydrogens (tertiary/aromatic N) is 2. The van der Waals surface area contributed by atoms with Gasteiger partial charge in [-0.05, 0) is 13.3 Å². The molecule has 0 unspecified atom stereocenters. The molecule has 28 heavy (non-hydrogen) atoms. The quantitative estimate of drug-likeness (QED) is 0.569. The molecule has 1 aromatic rings. The number of nitro benzene ring substituents is 1. The highest BCUT2D eigenvalue weighted by Gasteiger charge is 2.55. The Morgan fingerprint density at radius 1 is 1.43 bits per heavy atom. The van der Waals surface area contributed by atoms with Crippen molar-refractivity contribution in [3.63, 3.8) is 0 Å². The average molecular weight is 394 g/mol. The van der Waals surface area contributed by atoms with Crippen molar-refractivity contribution < 1.29 is 33.8 Å². The maximum absolute atomic E-state index is 13.1. The number of hydrogen-bond acceptors (Lipinski definition) is 7. The highest BCUT2D eigenvalue weighted by atomic mass is 16.6. The van der Waals surface area contributed by atoms with Crippen LogP contribution in [-0.4, -0.2) is 66.8 Å². The molecule has 2 heterocycles. The van der Waals surface area contributed by atoms with E-state index in [4.69, 9.17) is 14.2 Å². The van der Waals surface area contributed by atoms with Crippen molar-refractivity contribution in [2.75, 3.05) is 40.0 Å². The van der Waals surface area contributed by atoms with Gasteiger partial charge in [0.2, 0.25) is 0 Å². The minimum atomic E-state index is -1.09. The third kappa shape index (κ3) is 3.24. The van der Waals surface area contributed by atoms with Gasteiger partial charge in [-0.3, -0.25) is 19.7 Å². The largest absolute Gasteiger partial charge is 0.493 e. The monoisotopic (exact) mass is 394 g/mol. The summed E-state index contributed by atoms with van der Waals surface area (Å²) in [6.07, 6.45) is 0.297. The summed E-state index contributed by atoms with van der Waals surface area (Å²) in [5.74, 6) is -1.57. The summed E-state index contributed by atoms with van der Waals surface area (Å²) in [5.41, 5.74) is -1.66. The number of carbonyl (C=O) groups excluding carboxylic acids is 1. The normalized spacial score (nSPS) is 23.8. The molecule has 0 aromatic heterocycles. The zero-order valence-corrected chi connectivity index (χ0v) is 15.7. The van der Waals surface area contributed by atoms with Gasteiger partial charge in [0.25, 0.3) is 11.6 Å². The van der Waals surface area contributed by atoms with Crippen molar-refractivity contribution in [2.45, 2.75) is 13.3 Å². The lowest BCUT2D eigenvalue weighted by Crippen LogP contribution is -2.45. The van der Waals surface area contributed by atoms with Crippen molar-refractivity contribution in [3.8, 4) is 11.5 Å². The minimum Gasteiger partial charge on any atom is -0.493 e. The molecule has 10 nitrogen and oxygen atoms in total. The summed E-state index contributed by atoms with van der Waals surface area (Å²) in [6, 6.07) is 2.44. The highest BCUT2D eigenvalue weighted by molar-refractivity contribution is 5.99. The molecule has 0 saturated carbocycles. The second-order valence-electron chi connectivity index (χ2n) is 6.88. The predicted octanol–water partition coefficient (Wildman–Crippen LogP) is 1.57. The maximum atomic E-state index is 13.1. The summed E-state index contributed by atoms with van der Waals surface area (Å²) >= 11 is 0. The number of fused-ring (bicyclic) bond motifs is 1. The first-order valence-corrected chi connectivity index (χ1v) is 8.93. The molecule has 2 aliphatic heterocycles. The number of carboxylic acid groups (broad SMARTS) is 1. The molecule has 10 heteroatoms. The molecular weight excluding hydrogens is 372 g/mol. The Balaban J connectivity index is 1.99. The number of aliphatic carboxylic acids is 1. The molecule has 2 atom stereocenters. The zero-order valence-electron chi connectivity index (χ0n) is 15.7. The smallest absolute Gasteiger partial charge is 0.311 e. The number of rotatable bonds is 6. The molecule has 2 saturated heterocycles. The molecule has 3 rings (SSSR count). The van der Waals surface area contributed by atoms with Crippen LogP contribution in [0.1, 0.15) is 23.7 Å². The number of amides is 1. The van der Waals surface area contributed by atoms with Crippen LogP contribution >= 0.6 is 0 Å². The molecule has 2 fully saturated rings. The van der Waals surface area contributed by atoms with Crippen LogP contribution in [0.2, 0.25) is 0 Å². The van der Waals surface area contributed by atoms with Gasteiger partial charge in [0.1, 0.15) is 5.56 Å². The van der Waals surface area contributed by atoms with E-state index in [0.717, 1.165) is 6.07 Å². The van der Waals surface area contributed by atoms with Gasteiger partial charge in [-0.2, -0.15) is 0 Å². The predicted molar refractivity (Wildman–Crippen MR) is 95.7 cm³/mol. The van der Waals surface area contributed by atoms with E-state index in [1.54, 1.807) is 6.92 Å². The Labute approximate surface area is 161 Å². The fourth-order valence-electron chi connectivity index (χ4n) is 3.92. The SMILES string of the molecule is CCOc1cc(C(=O)N2C[C@H]3COCC[C@@]3(C(=O)O)C2)c([N+](=O)[O-])cc1OC. The summed E-state index contributed by atoms with van der Waals surface area (Å²) < 4.78 is 16.0. The van der Waals surface area contributed by atoms with Gasteiger partial charge in [-0.1, -0.05) is 0 Å². The van der Waals surface area contributed by atoms with Gasteiger partial charge in [-0.15, -0.1) is 0 Å². The fraction of sp³-hybridized carbons (Fsp3) is 0.556. The van der Waals surface area contributed by atoms with E-state index < -0.39 is 27.9 Å². The van der Waals surface area contributed by atoms with E-state index in [1.165, 1.54) is 18.1 Å². The Morgan fingerprint density at radius 2 is 2.18 bits per heavy atom. The third-order valence-electron chi connectivity index (χ3n) is 5.43. The summed E-state index contributed by atoms with van der Waals surface area (Å²) in [6.45, 7) is 2.73. The second-order valence-corrected chi connectivity index (χ2v) is 6.88. The Kier molecular flexibility index (Phi) is 5.41. The molecular formula is C18H22N2O8. The molecule has 2 aliphatic rings. The third-order valence-corrected chi connectivity index (χ3v) is 5.43. The van der Waals surface area contributed by atoms with E-state index in [9.17, 15) is 24.8 Å². The number of carboxylic acids is 1. The van der Waals surface area contributed by atoms with Crippen LogP contribution in [0.15, 0.2) is 12.1 Å². The van der Waals surface area contributed by atoms with E-state index >= 15 is 0 Å². The first-order chi connectivity index (χ1) is 13.3. The van der Waals surface area contributed by atoms with Gasteiger partial charge >= 0.3 is 5.97 Å². The van der Waals surface area contributed by atoms with Crippen LogP contribution in [-0.2, 0) is 9.53 Å². The van der Waals surface area contributed by atoms with Crippen LogP contribution in [0.25, 0.3) is 0 Å².